The van der Waals surface area contributed by atoms with Gasteiger partial charge in [-0.3, -0.25) is 0 Å². The number of aromatic amines is 1. The number of hydrogen-bond acceptors (Lipinski definition) is 2. The maximum Gasteiger partial charge on any atom is 0.0925 e. The number of nitrogens with one attached hydrogen (secondary N) is 1. The molecule has 0 aliphatic heterocycles. The highest BCUT2D eigenvalue weighted by Crippen LogP contribution is 2.12. The number of H-pyrrole nitrogens is 1. The van der Waals surface area contributed by atoms with E-state index in [4.69, 9.17) is 11.6 Å². The summed E-state index contributed by atoms with van der Waals surface area (Å²) in [5, 5.41) is 0. The maximum absolute atomic E-state index is 5.53. The second-order valence-corrected chi connectivity index (χ2v) is 3.70. The molecule has 0 spiro atoms. The predicted octanol–water partition coefficient (Wildman–Crippen LogP) is 2.61. The van der Waals surface area contributed by atoms with Gasteiger partial charge in [-0.2, -0.15) is 11.8 Å². The Morgan fingerprint density at radius 2 is 2.42 bits per heavy atom. The zero-order valence-electron chi connectivity index (χ0n) is 6.84. The first kappa shape index (κ1) is 12.1. The fraction of sp³-hybridized carbons (Fsp3) is 0.571. The SMILES string of the molecule is Cc1[nH]cnc1CSCCCl.Cl. The summed E-state index contributed by atoms with van der Waals surface area (Å²) in [5.74, 6) is 2.67. The Morgan fingerprint density at radius 3 is 2.92 bits per heavy atom. The zero-order valence-corrected chi connectivity index (χ0v) is 9.23. The number of aromatic nitrogens is 2. The van der Waals surface area contributed by atoms with Crippen LogP contribution in [0.3, 0.4) is 0 Å². The standard InChI is InChI=1S/C7H11ClN2S.ClH/c1-6-7(10-5-9-6)4-11-3-2-8;/h5H,2-4H2,1H3,(H,9,10);1H. The normalized spacial score (nSPS) is 9.50. The van der Waals surface area contributed by atoms with Crippen LogP contribution in [-0.2, 0) is 5.75 Å². The van der Waals surface area contributed by atoms with Crippen LogP contribution < -0.4 is 0 Å². The maximum atomic E-state index is 5.53. The van der Waals surface area contributed by atoms with Gasteiger partial charge in [-0.1, -0.05) is 0 Å². The molecule has 1 heterocycles. The molecule has 1 aromatic heterocycles. The first-order valence-electron chi connectivity index (χ1n) is 3.47. The molecule has 12 heavy (non-hydrogen) atoms. The molecule has 0 radical (unpaired) electrons. The van der Waals surface area contributed by atoms with Crippen molar-refractivity contribution in [1.29, 1.82) is 0 Å². The van der Waals surface area contributed by atoms with Crippen molar-refractivity contribution in [3.63, 3.8) is 0 Å². The van der Waals surface area contributed by atoms with E-state index >= 15 is 0 Å². The molecule has 0 amide bonds. The lowest BCUT2D eigenvalue weighted by molar-refractivity contribution is 1.19. The molecule has 1 N–H and O–H groups in total. The monoisotopic (exact) mass is 226 g/mol. The minimum atomic E-state index is 0. The zero-order chi connectivity index (χ0) is 8.10. The van der Waals surface area contributed by atoms with Crippen LogP contribution in [0.5, 0.6) is 0 Å². The quantitative estimate of drug-likeness (QED) is 0.632. The Hall–Kier alpha value is 0.140. The van der Waals surface area contributed by atoms with E-state index in [1.807, 2.05) is 18.7 Å². The Labute approximate surface area is 87.9 Å². The van der Waals surface area contributed by atoms with Crippen molar-refractivity contribution in [2.75, 3.05) is 11.6 Å². The van der Waals surface area contributed by atoms with Gasteiger partial charge in [0.15, 0.2) is 0 Å². The molecule has 0 saturated heterocycles. The molecule has 0 bridgehead atoms. The van der Waals surface area contributed by atoms with Crippen LogP contribution in [0.25, 0.3) is 0 Å². The Bertz CT molecular complexity index is 215. The van der Waals surface area contributed by atoms with Crippen LogP contribution in [0, 0.1) is 6.92 Å². The number of imidazole rings is 1. The molecule has 70 valence electrons. The summed E-state index contributed by atoms with van der Waals surface area (Å²) in [6.45, 7) is 2.03. The lowest BCUT2D eigenvalue weighted by Crippen LogP contribution is -1.86. The summed E-state index contributed by atoms with van der Waals surface area (Å²) in [4.78, 5) is 7.21. The number of thioether (sulfide) groups is 1. The van der Waals surface area contributed by atoms with Gasteiger partial charge in [-0.25, -0.2) is 4.98 Å². The highest BCUT2D eigenvalue weighted by atomic mass is 35.5. The molecule has 0 aromatic carbocycles. The third kappa shape index (κ3) is 3.70. The summed E-state index contributed by atoms with van der Waals surface area (Å²) in [5.41, 5.74) is 2.30. The van der Waals surface area contributed by atoms with Crippen molar-refractivity contribution in [2.24, 2.45) is 0 Å². The van der Waals surface area contributed by atoms with E-state index in [-0.39, 0.29) is 12.4 Å². The largest absolute Gasteiger partial charge is 0.348 e. The molecule has 1 aromatic rings. The number of aryl methyl sites for hydroxylation is 1. The van der Waals surface area contributed by atoms with Gasteiger partial charge in [-0.15, -0.1) is 24.0 Å². The molecular weight excluding hydrogens is 215 g/mol. The highest BCUT2D eigenvalue weighted by Gasteiger charge is 1.99. The third-order valence-electron chi connectivity index (χ3n) is 1.39. The van der Waals surface area contributed by atoms with E-state index < -0.39 is 0 Å². The smallest absolute Gasteiger partial charge is 0.0925 e. The van der Waals surface area contributed by atoms with Gasteiger partial charge in [-0.05, 0) is 6.92 Å². The summed E-state index contributed by atoms with van der Waals surface area (Å²) >= 11 is 7.34. The van der Waals surface area contributed by atoms with Crippen LogP contribution in [0.15, 0.2) is 6.33 Å². The third-order valence-corrected chi connectivity index (χ3v) is 2.78. The fourth-order valence-electron chi connectivity index (χ4n) is 0.756. The number of rotatable bonds is 4. The van der Waals surface area contributed by atoms with Gasteiger partial charge in [0.05, 0.1) is 12.0 Å². The minimum Gasteiger partial charge on any atom is -0.348 e. The van der Waals surface area contributed by atoms with Gasteiger partial charge in [0.25, 0.3) is 0 Å². The molecule has 5 heteroatoms. The number of nitrogens with zero attached hydrogens (tertiary/aromatic N) is 1. The van der Waals surface area contributed by atoms with Crippen LogP contribution in [0.2, 0.25) is 0 Å². The first-order chi connectivity index (χ1) is 5.34. The summed E-state index contributed by atoms with van der Waals surface area (Å²) in [6, 6.07) is 0. The van der Waals surface area contributed by atoms with Gasteiger partial charge in [0.2, 0.25) is 0 Å². The topological polar surface area (TPSA) is 28.7 Å². The van der Waals surface area contributed by atoms with Gasteiger partial charge < -0.3 is 4.98 Å². The van der Waals surface area contributed by atoms with Crippen molar-refractivity contribution in [3.8, 4) is 0 Å². The van der Waals surface area contributed by atoms with Crippen molar-refractivity contribution >= 4 is 35.8 Å². The molecule has 1 rings (SSSR count). The second-order valence-electron chi connectivity index (χ2n) is 2.22. The average Bonchev–Trinajstić information content (AvgIpc) is 2.37. The molecule has 0 fully saturated rings. The van der Waals surface area contributed by atoms with E-state index in [1.165, 1.54) is 0 Å². The Kier molecular flexibility index (Phi) is 6.71. The van der Waals surface area contributed by atoms with E-state index in [9.17, 15) is 0 Å². The van der Waals surface area contributed by atoms with Crippen molar-refractivity contribution < 1.29 is 0 Å². The van der Waals surface area contributed by atoms with E-state index in [2.05, 4.69) is 9.97 Å². The van der Waals surface area contributed by atoms with Gasteiger partial charge in [0.1, 0.15) is 0 Å². The minimum absolute atomic E-state index is 0. The van der Waals surface area contributed by atoms with Crippen LogP contribution in [0.1, 0.15) is 11.4 Å². The lowest BCUT2D eigenvalue weighted by Gasteiger charge is -1.95. The molecule has 0 saturated carbocycles. The van der Waals surface area contributed by atoms with Crippen molar-refractivity contribution in [3.05, 3.63) is 17.7 Å². The fourth-order valence-corrected chi connectivity index (χ4v) is 1.82. The van der Waals surface area contributed by atoms with Gasteiger partial charge >= 0.3 is 0 Å². The summed E-state index contributed by atoms with van der Waals surface area (Å²) in [7, 11) is 0. The number of halogens is 2. The van der Waals surface area contributed by atoms with Crippen LogP contribution in [-0.4, -0.2) is 21.6 Å². The highest BCUT2D eigenvalue weighted by molar-refractivity contribution is 7.98. The number of hydrogen-bond donors (Lipinski definition) is 1. The molecule has 0 aliphatic rings. The van der Waals surface area contributed by atoms with Crippen LogP contribution in [0.4, 0.5) is 0 Å². The van der Waals surface area contributed by atoms with Crippen molar-refractivity contribution in [1.82, 2.24) is 9.97 Å². The molecule has 2 nitrogen and oxygen atoms in total. The molecule has 0 unspecified atom stereocenters. The lowest BCUT2D eigenvalue weighted by atomic mass is 10.4. The Balaban J connectivity index is 0.00000121. The summed E-state index contributed by atoms with van der Waals surface area (Å²) < 4.78 is 0. The van der Waals surface area contributed by atoms with Gasteiger partial charge in [0, 0.05) is 23.1 Å². The molecular formula is C7H12Cl2N2S. The van der Waals surface area contributed by atoms with E-state index in [0.29, 0.717) is 5.88 Å². The molecule has 0 atom stereocenters. The number of alkyl halides is 1. The first-order valence-corrected chi connectivity index (χ1v) is 5.16. The summed E-state index contributed by atoms with van der Waals surface area (Å²) in [6.07, 6.45) is 1.73. The molecule has 0 aliphatic carbocycles. The van der Waals surface area contributed by atoms with Crippen LogP contribution >= 0.6 is 35.8 Å². The van der Waals surface area contributed by atoms with Crippen molar-refractivity contribution in [2.45, 2.75) is 12.7 Å². The second kappa shape index (κ2) is 6.63. The van der Waals surface area contributed by atoms with E-state index in [0.717, 1.165) is 22.9 Å². The Morgan fingerprint density at radius 1 is 1.67 bits per heavy atom. The average molecular weight is 227 g/mol. The van der Waals surface area contributed by atoms with E-state index in [1.54, 1.807) is 6.33 Å². The predicted molar refractivity (Wildman–Crippen MR) is 57.5 cm³/mol.